The number of esters is 1. The number of carbonyl (C=O) groups excluding carboxylic acids is 3. The minimum atomic E-state index is -0.309. The molecule has 1 fully saturated rings. The van der Waals surface area contributed by atoms with Gasteiger partial charge in [-0.1, -0.05) is 11.6 Å². The number of nitrogens with zero attached hydrogens (tertiary/aromatic N) is 3. The van der Waals surface area contributed by atoms with E-state index in [1.54, 1.807) is 53.5 Å². The van der Waals surface area contributed by atoms with Gasteiger partial charge in [0.1, 0.15) is 10.7 Å². The molecular formula is C23H29ClN4O5S. The Kier molecular flexibility index (Phi) is 9.67. The number of halogens is 1. The fraction of sp³-hybridized carbons (Fsp3) is 0.478. The average Bonchev–Trinajstić information content (AvgIpc) is 3.31. The van der Waals surface area contributed by atoms with Gasteiger partial charge in [-0.25, -0.2) is 9.78 Å². The number of hydrogen-bond donors (Lipinski definition) is 1. The number of piperidine rings is 1. The van der Waals surface area contributed by atoms with Crippen molar-refractivity contribution in [1.82, 2.24) is 14.8 Å². The number of ether oxygens (including phenoxy) is 2. The number of anilines is 1. The fourth-order valence-corrected chi connectivity index (χ4v) is 4.52. The van der Waals surface area contributed by atoms with E-state index in [4.69, 9.17) is 21.1 Å². The van der Waals surface area contributed by atoms with Crippen molar-refractivity contribution in [2.45, 2.75) is 26.3 Å². The second kappa shape index (κ2) is 12.7. The number of likely N-dealkylation sites (tertiary alicyclic amines) is 1. The molecule has 3 amide bonds. The van der Waals surface area contributed by atoms with Gasteiger partial charge in [0, 0.05) is 42.8 Å². The third kappa shape index (κ3) is 7.15. The summed E-state index contributed by atoms with van der Waals surface area (Å²) in [5.74, 6) is -0.790. The number of aromatic nitrogens is 1. The molecule has 1 aliphatic rings. The number of carbonyl (C=O) groups is 3. The summed E-state index contributed by atoms with van der Waals surface area (Å²) in [6.07, 6.45) is 1.45. The number of rotatable bonds is 9. The van der Waals surface area contributed by atoms with Gasteiger partial charge >= 0.3 is 12.0 Å². The Morgan fingerprint density at radius 3 is 2.76 bits per heavy atom. The second-order valence-electron chi connectivity index (χ2n) is 7.82. The van der Waals surface area contributed by atoms with Crippen LogP contribution < -0.4 is 5.32 Å². The molecule has 0 saturated carbocycles. The van der Waals surface area contributed by atoms with Gasteiger partial charge in [-0.2, -0.15) is 0 Å². The quantitative estimate of drug-likeness (QED) is 0.516. The predicted octanol–water partition coefficient (Wildman–Crippen LogP) is 3.89. The maximum atomic E-state index is 13.0. The molecule has 1 N–H and O–H groups in total. The lowest BCUT2D eigenvalue weighted by Crippen LogP contribution is -2.43. The molecule has 1 saturated heterocycles. The van der Waals surface area contributed by atoms with Crippen LogP contribution in [0.1, 0.15) is 35.3 Å². The van der Waals surface area contributed by atoms with E-state index in [0.717, 1.165) is 6.42 Å². The summed E-state index contributed by atoms with van der Waals surface area (Å²) < 4.78 is 10.3. The molecule has 184 valence electrons. The van der Waals surface area contributed by atoms with Crippen molar-refractivity contribution in [2.75, 3.05) is 45.3 Å². The van der Waals surface area contributed by atoms with Crippen LogP contribution in [0.25, 0.3) is 0 Å². The zero-order valence-corrected chi connectivity index (χ0v) is 20.9. The lowest BCUT2D eigenvalue weighted by Gasteiger charge is -2.31. The molecule has 0 bridgehead atoms. The first-order chi connectivity index (χ1) is 16.4. The van der Waals surface area contributed by atoms with Gasteiger partial charge < -0.3 is 24.6 Å². The Labute approximate surface area is 208 Å². The Morgan fingerprint density at radius 1 is 1.29 bits per heavy atom. The molecule has 9 nitrogen and oxygen atoms in total. The zero-order chi connectivity index (χ0) is 24.5. The van der Waals surface area contributed by atoms with Crippen LogP contribution in [0.5, 0.6) is 0 Å². The first-order valence-corrected chi connectivity index (χ1v) is 12.4. The SMILES string of the molecule is CCOC(=O)C1CCCN(C(=O)c2csc(CN(CCOC)C(=O)Nc3ccc(Cl)cc3)n2)C1. The summed E-state index contributed by atoms with van der Waals surface area (Å²) in [7, 11) is 1.57. The highest BCUT2D eigenvalue weighted by molar-refractivity contribution is 7.09. The first-order valence-electron chi connectivity index (χ1n) is 11.1. The molecule has 1 unspecified atom stereocenters. The van der Waals surface area contributed by atoms with Crippen molar-refractivity contribution in [3.63, 3.8) is 0 Å². The molecule has 34 heavy (non-hydrogen) atoms. The number of urea groups is 1. The summed E-state index contributed by atoms with van der Waals surface area (Å²) >= 11 is 7.22. The van der Waals surface area contributed by atoms with Gasteiger partial charge in [0.05, 0.1) is 25.7 Å². The van der Waals surface area contributed by atoms with Crippen molar-refractivity contribution in [1.29, 1.82) is 0 Å². The topological polar surface area (TPSA) is 101 Å². The highest BCUT2D eigenvalue weighted by atomic mass is 35.5. The van der Waals surface area contributed by atoms with Crippen molar-refractivity contribution < 1.29 is 23.9 Å². The van der Waals surface area contributed by atoms with E-state index in [9.17, 15) is 14.4 Å². The number of methoxy groups -OCH3 is 1. The van der Waals surface area contributed by atoms with E-state index in [2.05, 4.69) is 10.3 Å². The van der Waals surface area contributed by atoms with Gasteiger partial charge in [0.25, 0.3) is 5.91 Å². The van der Waals surface area contributed by atoms with Crippen LogP contribution in [0.2, 0.25) is 5.02 Å². The Bertz CT molecular complexity index is 984. The molecule has 2 aromatic rings. The fourth-order valence-electron chi connectivity index (χ4n) is 3.61. The van der Waals surface area contributed by atoms with Crippen LogP contribution in [0, 0.1) is 5.92 Å². The maximum Gasteiger partial charge on any atom is 0.322 e. The van der Waals surface area contributed by atoms with Crippen LogP contribution in [0.15, 0.2) is 29.6 Å². The smallest absolute Gasteiger partial charge is 0.322 e. The van der Waals surface area contributed by atoms with E-state index >= 15 is 0 Å². The summed E-state index contributed by atoms with van der Waals surface area (Å²) in [4.78, 5) is 45.6. The molecule has 1 aromatic carbocycles. The highest BCUT2D eigenvalue weighted by Crippen LogP contribution is 2.22. The van der Waals surface area contributed by atoms with E-state index in [0.29, 0.717) is 60.7 Å². The Hall–Kier alpha value is -2.69. The zero-order valence-electron chi connectivity index (χ0n) is 19.3. The van der Waals surface area contributed by atoms with Crippen LogP contribution in [-0.4, -0.2) is 72.6 Å². The van der Waals surface area contributed by atoms with Crippen LogP contribution >= 0.6 is 22.9 Å². The molecule has 0 radical (unpaired) electrons. The second-order valence-corrected chi connectivity index (χ2v) is 9.20. The van der Waals surface area contributed by atoms with Crippen molar-refractivity contribution in [3.05, 3.63) is 45.4 Å². The third-order valence-corrected chi connectivity index (χ3v) is 6.46. The number of amides is 3. The van der Waals surface area contributed by atoms with Gasteiger partial charge in [-0.15, -0.1) is 11.3 Å². The summed E-state index contributed by atoms with van der Waals surface area (Å²) in [5, 5.41) is 5.74. The monoisotopic (exact) mass is 508 g/mol. The standard InChI is InChI=1S/C23H29ClN4O5S/c1-3-33-22(30)16-5-4-10-27(13-16)21(29)19-15-34-20(26-19)14-28(11-12-32-2)23(31)25-18-8-6-17(24)7-9-18/h6-9,15-16H,3-5,10-14H2,1-2H3,(H,25,31). The molecule has 2 heterocycles. The van der Waals surface area contributed by atoms with E-state index in [-0.39, 0.29) is 30.4 Å². The van der Waals surface area contributed by atoms with Gasteiger partial charge in [0.15, 0.2) is 0 Å². The lowest BCUT2D eigenvalue weighted by atomic mass is 9.98. The summed E-state index contributed by atoms with van der Waals surface area (Å²) in [5.41, 5.74) is 0.933. The summed E-state index contributed by atoms with van der Waals surface area (Å²) in [6, 6.07) is 6.52. The average molecular weight is 509 g/mol. The Morgan fingerprint density at radius 2 is 2.06 bits per heavy atom. The van der Waals surface area contributed by atoms with Crippen molar-refractivity contribution in [3.8, 4) is 0 Å². The highest BCUT2D eigenvalue weighted by Gasteiger charge is 2.30. The minimum absolute atomic E-state index is 0.217. The van der Waals surface area contributed by atoms with Crippen LogP contribution in [0.4, 0.5) is 10.5 Å². The number of nitrogens with one attached hydrogen (secondary N) is 1. The number of thiazole rings is 1. The predicted molar refractivity (Wildman–Crippen MR) is 130 cm³/mol. The van der Waals surface area contributed by atoms with E-state index < -0.39 is 0 Å². The number of benzene rings is 1. The first kappa shape index (κ1) is 25.9. The molecule has 1 atom stereocenters. The van der Waals surface area contributed by atoms with Crippen LogP contribution in [-0.2, 0) is 20.8 Å². The molecule has 1 aromatic heterocycles. The molecule has 0 aliphatic carbocycles. The van der Waals surface area contributed by atoms with Gasteiger partial charge in [0.2, 0.25) is 0 Å². The lowest BCUT2D eigenvalue weighted by molar-refractivity contribution is -0.149. The van der Waals surface area contributed by atoms with E-state index in [1.165, 1.54) is 11.3 Å². The minimum Gasteiger partial charge on any atom is -0.466 e. The van der Waals surface area contributed by atoms with Gasteiger partial charge in [-0.05, 0) is 44.0 Å². The van der Waals surface area contributed by atoms with Crippen molar-refractivity contribution in [2.24, 2.45) is 5.92 Å². The molecular weight excluding hydrogens is 480 g/mol. The molecule has 0 spiro atoms. The Balaban J connectivity index is 1.64. The molecule has 3 rings (SSSR count). The van der Waals surface area contributed by atoms with Crippen LogP contribution in [0.3, 0.4) is 0 Å². The third-order valence-electron chi connectivity index (χ3n) is 5.37. The maximum absolute atomic E-state index is 13.0. The number of hydrogen-bond acceptors (Lipinski definition) is 7. The van der Waals surface area contributed by atoms with Crippen molar-refractivity contribution >= 4 is 46.5 Å². The van der Waals surface area contributed by atoms with Gasteiger partial charge in [-0.3, -0.25) is 9.59 Å². The molecule has 1 aliphatic heterocycles. The molecule has 11 heteroatoms. The normalized spacial score (nSPS) is 15.6. The largest absolute Gasteiger partial charge is 0.466 e. The summed E-state index contributed by atoms with van der Waals surface area (Å²) in [6.45, 7) is 3.93. The van der Waals surface area contributed by atoms with E-state index in [1.807, 2.05) is 0 Å².